The van der Waals surface area contributed by atoms with Gasteiger partial charge in [-0.05, 0) is 80.0 Å². The van der Waals surface area contributed by atoms with Gasteiger partial charge in [0.2, 0.25) is 5.91 Å². The average Bonchev–Trinajstić information content (AvgIpc) is 2.67. The molecule has 0 bridgehead atoms. The van der Waals surface area contributed by atoms with Gasteiger partial charge < -0.3 is 10.6 Å². The van der Waals surface area contributed by atoms with E-state index in [1.54, 1.807) is 24.3 Å². The number of nitrogens with one attached hydrogen (secondary N) is 3. The summed E-state index contributed by atoms with van der Waals surface area (Å²) < 4.78 is 27.9. The topological polar surface area (TPSA) is 87.3 Å². The smallest absolute Gasteiger partial charge is 0.261 e. The first-order valence-electron chi connectivity index (χ1n) is 10.5. The Morgan fingerprint density at radius 2 is 1.52 bits per heavy atom. The normalized spacial score (nSPS) is 11.1. The third kappa shape index (κ3) is 8.67. The zero-order chi connectivity index (χ0) is 22.9. The van der Waals surface area contributed by atoms with Crippen molar-refractivity contribution in [2.24, 2.45) is 0 Å². The van der Waals surface area contributed by atoms with Crippen LogP contribution in [0.2, 0.25) is 0 Å². The molecule has 8 heteroatoms. The maximum Gasteiger partial charge on any atom is 0.261 e. The molecule has 0 unspecified atom stereocenters. The molecule has 6 nitrogen and oxygen atoms in total. The SMILES string of the molecule is CCCCCCCC(=O)NC(=S)Nc1ccc(S(=O)(=O)Nc2cc(C)cc(C)c2)cc1. The number of unbranched alkanes of at least 4 members (excludes halogenated alkanes) is 4. The Kier molecular flexibility index (Phi) is 9.45. The number of anilines is 2. The Morgan fingerprint density at radius 1 is 0.903 bits per heavy atom. The van der Waals surface area contributed by atoms with Crippen LogP contribution in [0.3, 0.4) is 0 Å². The van der Waals surface area contributed by atoms with Crippen molar-refractivity contribution < 1.29 is 13.2 Å². The average molecular weight is 462 g/mol. The first kappa shape index (κ1) is 24.8. The Balaban J connectivity index is 1.89. The first-order valence-corrected chi connectivity index (χ1v) is 12.4. The van der Waals surface area contributed by atoms with Gasteiger partial charge in [0.05, 0.1) is 4.90 Å². The lowest BCUT2D eigenvalue weighted by atomic mass is 10.1. The van der Waals surface area contributed by atoms with Crippen LogP contribution < -0.4 is 15.4 Å². The van der Waals surface area contributed by atoms with Crippen LogP contribution in [0, 0.1) is 13.8 Å². The Labute approximate surface area is 190 Å². The maximum atomic E-state index is 12.7. The predicted molar refractivity (Wildman–Crippen MR) is 131 cm³/mol. The van der Waals surface area contributed by atoms with Gasteiger partial charge in [0.1, 0.15) is 0 Å². The van der Waals surface area contributed by atoms with Gasteiger partial charge in [-0.15, -0.1) is 0 Å². The molecule has 0 heterocycles. The number of thiocarbonyl (C=S) groups is 1. The summed E-state index contributed by atoms with van der Waals surface area (Å²) in [6.45, 7) is 5.99. The quantitative estimate of drug-likeness (QED) is 0.331. The van der Waals surface area contributed by atoms with Gasteiger partial charge in [0, 0.05) is 17.8 Å². The lowest BCUT2D eigenvalue weighted by molar-refractivity contribution is -0.119. The predicted octanol–water partition coefficient (Wildman–Crippen LogP) is 5.28. The molecule has 0 aliphatic rings. The van der Waals surface area contributed by atoms with Crippen LogP contribution in [0.1, 0.15) is 56.6 Å². The third-order valence-electron chi connectivity index (χ3n) is 4.66. The molecule has 2 aromatic rings. The Bertz CT molecular complexity index is 983. The van der Waals surface area contributed by atoms with Gasteiger partial charge in [-0.1, -0.05) is 38.7 Å². The standard InChI is InChI=1S/C23H31N3O3S2/c1-4-5-6-7-8-9-22(27)25-23(30)24-19-10-12-21(13-11-19)31(28,29)26-20-15-17(2)14-18(3)16-20/h10-16,26H,4-9H2,1-3H3,(H2,24,25,27,30). The summed E-state index contributed by atoms with van der Waals surface area (Å²) in [6, 6.07) is 11.7. The molecule has 0 radical (unpaired) electrons. The molecule has 2 rings (SSSR count). The van der Waals surface area contributed by atoms with Crippen LogP contribution in [0.4, 0.5) is 11.4 Å². The van der Waals surface area contributed by atoms with Gasteiger partial charge in [0.25, 0.3) is 10.0 Å². The second-order valence-corrected chi connectivity index (χ2v) is 9.76. The van der Waals surface area contributed by atoms with E-state index in [1.807, 2.05) is 19.9 Å². The molecular formula is C23H31N3O3S2. The van der Waals surface area contributed by atoms with E-state index < -0.39 is 10.0 Å². The largest absolute Gasteiger partial charge is 0.332 e. The molecule has 31 heavy (non-hydrogen) atoms. The van der Waals surface area contributed by atoms with Gasteiger partial charge in [0.15, 0.2) is 5.11 Å². The minimum absolute atomic E-state index is 0.120. The maximum absolute atomic E-state index is 12.7. The molecule has 0 fully saturated rings. The zero-order valence-corrected chi connectivity index (χ0v) is 20.0. The minimum Gasteiger partial charge on any atom is -0.332 e. The lowest BCUT2D eigenvalue weighted by Gasteiger charge is -2.12. The molecule has 0 aromatic heterocycles. The molecule has 0 saturated carbocycles. The zero-order valence-electron chi connectivity index (χ0n) is 18.3. The van der Waals surface area contributed by atoms with Crippen LogP contribution in [-0.2, 0) is 14.8 Å². The number of aryl methyl sites for hydroxylation is 2. The van der Waals surface area contributed by atoms with E-state index in [1.165, 1.54) is 25.0 Å². The van der Waals surface area contributed by atoms with E-state index in [2.05, 4.69) is 22.3 Å². The lowest BCUT2D eigenvalue weighted by Crippen LogP contribution is -2.33. The van der Waals surface area contributed by atoms with Crippen molar-refractivity contribution in [3.05, 3.63) is 53.6 Å². The van der Waals surface area contributed by atoms with E-state index in [0.717, 1.165) is 30.4 Å². The van der Waals surface area contributed by atoms with Gasteiger partial charge in [-0.2, -0.15) is 0 Å². The third-order valence-corrected chi connectivity index (χ3v) is 6.26. The van der Waals surface area contributed by atoms with E-state index in [9.17, 15) is 13.2 Å². The van der Waals surface area contributed by atoms with Gasteiger partial charge in [-0.3, -0.25) is 9.52 Å². The summed E-state index contributed by atoms with van der Waals surface area (Å²) in [5, 5.41) is 5.77. The summed E-state index contributed by atoms with van der Waals surface area (Å²) in [5.41, 5.74) is 3.08. The number of hydrogen-bond acceptors (Lipinski definition) is 4. The van der Waals surface area contributed by atoms with Crippen LogP contribution >= 0.6 is 12.2 Å². The number of carbonyl (C=O) groups excluding carboxylic acids is 1. The molecule has 168 valence electrons. The summed E-state index contributed by atoms with van der Waals surface area (Å²) in [6.07, 6.45) is 5.81. The van der Waals surface area contributed by atoms with Crippen LogP contribution in [0.15, 0.2) is 47.4 Å². The number of benzene rings is 2. The summed E-state index contributed by atoms with van der Waals surface area (Å²) in [4.78, 5) is 12.1. The molecule has 0 aliphatic heterocycles. The highest BCUT2D eigenvalue weighted by Crippen LogP contribution is 2.20. The highest BCUT2D eigenvalue weighted by Gasteiger charge is 2.15. The Morgan fingerprint density at radius 3 is 2.13 bits per heavy atom. The highest BCUT2D eigenvalue weighted by molar-refractivity contribution is 7.92. The summed E-state index contributed by atoms with van der Waals surface area (Å²) in [7, 11) is -3.71. The molecule has 0 saturated heterocycles. The molecule has 2 aromatic carbocycles. The number of rotatable bonds is 10. The second kappa shape index (κ2) is 11.8. The summed E-state index contributed by atoms with van der Waals surface area (Å²) in [5.74, 6) is -0.120. The van der Waals surface area contributed by atoms with Crippen molar-refractivity contribution in [3.63, 3.8) is 0 Å². The molecule has 1 amide bonds. The number of carbonyl (C=O) groups is 1. The van der Waals surface area contributed by atoms with Crippen molar-refractivity contribution >= 4 is 44.6 Å². The molecular weight excluding hydrogens is 430 g/mol. The monoisotopic (exact) mass is 461 g/mol. The fourth-order valence-electron chi connectivity index (χ4n) is 3.21. The van der Waals surface area contributed by atoms with E-state index in [0.29, 0.717) is 17.8 Å². The molecule has 0 aliphatic carbocycles. The molecule has 0 atom stereocenters. The Hall–Kier alpha value is -2.45. The number of sulfonamides is 1. The molecule has 0 spiro atoms. The van der Waals surface area contributed by atoms with Gasteiger partial charge >= 0.3 is 0 Å². The highest BCUT2D eigenvalue weighted by atomic mass is 32.2. The van der Waals surface area contributed by atoms with Crippen molar-refractivity contribution in [3.8, 4) is 0 Å². The molecule has 3 N–H and O–H groups in total. The summed E-state index contributed by atoms with van der Waals surface area (Å²) >= 11 is 5.18. The van der Waals surface area contributed by atoms with Crippen LogP contribution in [0.5, 0.6) is 0 Å². The fourth-order valence-corrected chi connectivity index (χ4v) is 4.48. The number of hydrogen-bond donors (Lipinski definition) is 3. The van der Waals surface area contributed by atoms with E-state index >= 15 is 0 Å². The van der Waals surface area contributed by atoms with E-state index in [4.69, 9.17) is 12.2 Å². The van der Waals surface area contributed by atoms with E-state index in [-0.39, 0.29) is 15.9 Å². The van der Waals surface area contributed by atoms with Crippen LogP contribution in [-0.4, -0.2) is 19.4 Å². The minimum atomic E-state index is -3.71. The van der Waals surface area contributed by atoms with Crippen molar-refractivity contribution in [2.75, 3.05) is 10.0 Å². The van der Waals surface area contributed by atoms with Gasteiger partial charge in [-0.25, -0.2) is 8.42 Å². The first-order chi connectivity index (χ1) is 14.7. The van der Waals surface area contributed by atoms with Crippen molar-refractivity contribution in [1.29, 1.82) is 0 Å². The fraction of sp³-hybridized carbons (Fsp3) is 0.391. The van der Waals surface area contributed by atoms with Crippen molar-refractivity contribution in [1.82, 2.24) is 5.32 Å². The van der Waals surface area contributed by atoms with Crippen molar-refractivity contribution in [2.45, 2.75) is 64.2 Å². The second-order valence-electron chi connectivity index (χ2n) is 7.67. The van der Waals surface area contributed by atoms with Crippen LogP contribution in [0.25, 0.3) is 0 Å². The number of amides is 1.